The van der Waals surface area contributed by atoms with Gasteiger partial charge in [-0.2, -0.15) is 17.6 Å². The van der Waals surface area contributed by atoms with Gasteiger partial charge in [-0.15, -0.1) is 0 Å². The summed E-state index contributed by atoms with van der Waals surface area (Å²) in [5, 5.41) is 4.65. The first kappa shape index (κ1) is 11.7. The molecule has 6 heteroatoms. The summed E-state index contributed by atoms with van der Waals surface area (Å²) in [5.74, 6) is 0.437. The van der Waals surface area contributed by atoms with Crippen LogP contribution in [-0.2, 0) is 10.0 Å². The molecule has 0 N–H and O–H groups in total. The zero-order valence-electron chi connectivity index (χ0n) is 9.45. The van der Waals surface area contributed by atoms with Gasteiger partial charge in [0.1, 0.15) is 0 Å². The van der Waals surface area contributed by atoms with Crippen LogP contribution in [0.3, 0.4) is 0 Å². The largest absolute Gasteiger partial charge is 0.282 e. The number of halogens is 1. The summed E-state index contributed by atoms with van der Waals surface area (Å²) in [4.78, 5) is 0.192. The molecule has 0 amide bonds. The lowest BCUT2D eigenvalue weighted by Gasteiger charge is -2.04. The number of aromatic nitrogens is 2. The zero-order chi connectivity index (χ0) is 12.8. The van der Waals surface area contributed by atoms with E-state index in [2.05, 4.69) is 5.10 Å². The molecule has 1 saturated carbocycles. The van der Waals surface area contributed by atoms with Crippen LogP contribution in [0.2, 0.25) is 5.02 Å². The van der Waals surface area contributed by atoms with Crippen molar-refractivity contribution >= 4 is 21.6 Å². The van der Waals surface area contributed by atoms with E-state index in [0.29, 0.717) is 10.9 Å². The smallest absolute Gasteiger partial charge is 0.199 e. The lowest BCUT2D eigenvalue weighted by atomic mass is 10.3. The van der Waals surface area contributed by atoms with E-state index in [1.165, 1.54) is 18.3 Å². The Hall–Kier alpha value is -1.33. The maximum absolute atomic E-state index is 12.3. The third-order valence-corrected chi connectivity index (χ3v) is 4.76. The van der Waals surface area contributed by atoms with Crippen LogP contribution in [0.25, 0.3) is 0 Å². The van der Waals surface area contributed by atoms with Crippen LogP contribution in [0.4, 0.5) is 0 Å². The van der Waals surface area contributed by atoms with Crippen molar-refractivity contribution in [1.82, 2.24) is 9.19 Å². The van der Waals surface area contributed by atoms with Crippen LogP contribution in [0, 0.1) is 0 Å². The highest BCUT2D eigenvalue weighted by atomic mass is 35.5. The number of nitrogens with zero attached hydrogens (tertiary/aromatic N) is 2. The molecule has 4 nitrogen and oxygen atoms in total. The average molecular weight is 283 g/mol. The Balaban J connectivity index is 1.99. The molecule has 1 heterocycles. The first-order chi connectivity index (χ1) is 8.57. The van der Waals surface area contributed by atoms with E-state index >= 15 is 0 Å². The van der Waals surface area contributed by atoms with E-state index < -0.39 is 10.0 Å². The third-order valence-electron chi connectivity index (χ3n) is 2.94. The van der Waals surface area contributed by atoms with Gasteiger partial charge in [0.15, 0.2) is 0 Å². The van der Waals surface area contributed by atoms with Crippen molar-refractivity contribution in [1.29, 1.82) is 0 Å². The van der Waals surface area contributed by atoms with Crippen LogP contribution in [0.1, 0.15) is 24.5 Å². The molecule has 0 radical (unpaired) electrons. The molecule has 0 spiro atoms. The fourth-order valence-electron chi connectivity index (χ4n) is 1.77. The SMILES string of the molecule is O=S(=O)(c1ccc(Cl)cc1)n1ccc(C2CC2)n1. The van der Waals surface area contributed by atoms with Gasteiger partial charge < -0.3 is 0 Å². The molecule has 0 aliphatic heterocycles. The van der Waals surface area contributed by atoms with Gasteiger partial charge in [-0.05, 0) is 43.2 Å². The number of hydrogen-bond donors (Lipinski definition) is 0. The van der Waals surface area contributed by atoms with Gasteiger partial charge in [0.05, 0.1) is 10.6 Å². The highest BCUT2D eigenvalue weighted by Crippen LogP contribution is 2.39. The number of rotatable bonds is 3. The van der Waals surface area contributed by atoms with Crippen LogP contribution < -0.4 is 0 Å². The van der Waals surface area contributed by atoms with Gasteiger partial charge in [-0.1, -0.05) is 11.6 Å². The van der Waals surface area contributed by atoms with Crippen LogP contribution >= 0.6 is 11.6 Å². The molecule has 94 valence electrons. The molecule has 2 aromatic rings. The van der Waals surface area contributed by atoms with Crippen molar-refractivity contribution in [2.75, 3.05) is 0 Å². The van der Waals surface area contributed by atoms with Crippen molar-refractivity contribution in [3.05, 3.63) is 47.2 Å². The summed E-state index contributed by atoms with van der Waals surface area (Å²) < 4.78 is 25.5. The Labute approximate surface area is 110 Å². The van der Waals surface area contributed by atoms with E-state index in [0.717, 1.165) is 22.6 Å². The van der Waals surface area contributed by atoms with Gasteiger partial charge in [0.2, 0.25) is 0 Å². The van der Waals surface area contributed by atoms with Gasteiger partial charge >= 0.3 is 0 Å². The predicted molar refractivity (Wildman–Crippen MR) is 68.2 cm³/mol. The molecular formula is C12H11ClN2O2S. The second-order valence-electron chi connectivity index (χ2n) is 4.35. The molecule has 0 bridgehead atoms. The van der Waals surface area contributed by atoms with Gasteiger partial charge in [-0.3, -0.25) is 0 Å². The highest BCUT2D eigenvalue weighted by Gasteiger charge is 2.27. The lowest BCUT2D eigenvalue weighted by molar-refractivity contribution is 0.579. The first-order valence-electron chi connectivity index (χ1n) is 5.64. The Bertz CT molecular complexity index is 672. The normalized spacial score (nSPS) is 15.8. The van der Waals surface area contributed by atoms with E-state index in [9.17, 15) is 8.42 Å². The zero-order valence-corrected chi connectivity index (χ0v) is 11.0. The number of hydrogen-bond acceptors (Lipinski definition) is 3. The monoisotopic (exact) mass is 282 g/mol. The molecule has 0 saturated heterocycles. The van der Waals surface area contributed by atoms with Gasteiger partial charge in [-0.25, -0.2) is 0 Å². The van der Waals surface area contributed by atoms with Gasteiger partial charge in [0, 0.05) is 17.1 Å². The van der Waals surface area contributed by atoms with E-state index in [-0.39, 0.29) is 4.90 Å². The minimum Gasteiger partial charge on any atom is -0.199 e. The maximum Gasteiger partial charge on any atom is 0.282 e. The summed E-state index contributed by atoms with van der Waals surface area (Å²) in [6.07, 6.45) is 3.69. The second-order valence-corrected chi connectivity index (χ2v) is 6.58. The fraction of sp³-hybridized carbons (Fsp3) is 0.250. The Morgan fingerprint density at radius 1 is 1.17 bits per heavy atom. The van der Waals surface area contributed by atoms with Crippen molar-refractivity contribution in [2.45, 2.75) is 23.7 Å². The van der Waals surface area contributed by atoms with Crippen molar-refractivity contribution in [2.24, 2.45) is 0 Å². The first-order valence-corrected chi connectivity index (χ1v) is 7.46. The quantitative estimate of drug-likeness (QED) is 0.870. The molecule has 0 unspecified atom stereocenters. The fourth-order valence-corrected chi connectivity index (χ4v) is 3.01. The third kappa shape index (κ3) is 2.04. The number of benzene rings is 1. The van der Waals surface area contributed by atoms with Crippen LogP contribution in [0.15, 0.2) is 41.4 Å². The summed E-state index contributed by atoms with van der Waals surface area (Å²) in [5.41, 5.74) is 0.854. The summed E-state index contributed by atoms with van der Waals surface area (Å²) in [6.45, 7) is 0. The van der Waals surface area contributed by atoms with E-state index in [1.807, 2.05) is 0 Å². The minimum atomic E-state index is -3.59. The second kappa shape index (κ2) is 4.10. The maximum atomic E-state index is 12.3. The summed E-state index contributed by atoms with van der Waals surface area (Å²) >= 11 is 5.74. The lowest BCUT2D eigenvalue weighted by Crippen LogP contribution is -2.13. The average Bonchev–Trinajstić information content (AvgIpc) is 3.07. The molecule has 18 heavy (non-hydrogen) atoms. The Morgan fingerprint density at radius 3 is 2.44 bits per heavy atom. The van der Waals surface area contributed by atoms with Gasteiger partial charge in [0.25, 0.3) is 10.0 Å². The molecule has 1 aliphatic rings. The summed E-state index contributed by atoms with van der Waals surface area (Å²) in [6, 6.07) is 7.84. The molecule has 1 aromatic carbocycles. The highest BCUT2D eigenvalue weighted by molar-refractivity contribution is 7.89. The Kier molecular flexibility index (Phi) is 2.68. The standard InChI is InChI=1S/C12H11ClN2O2S/c13-10-3-5-11(6-4-10)18(16,17)15-8-7-12(14-15)9-1-2-9/h3-9H,1-2H2. The molecular weight excluding hydrogens is 272 g/mol. The topological polar surface area (TPSA) is 52.0 Å². The molecule has 3 rings (SSSR count). The van der Waals surface area contributed by atoms with Crippen LogP contribution in [-0.4, -0.2) is 17.6 Å². The minimum absolute atomic E-state index is 0.192. The molecule has 1 aliphatic carbocycles. The molecule has 1 aromatic heterocycles. The van der Waals surface area contributed by atoms with E-state index in [4.69, 9.17) is 11.6 Å². The van der Waals surface area contributed by atoms with Crippen LogP contribution in [0.5, 0.6) is 0 Å². The Morgan fingerprint density at radius 2 is 1.83 bits per heavy atom. The molecule has 1 fully saturated rings. The van der Waals surface area contributed by atoms with Crippen molar-refractivity contribution in [3.63, 3.8) is 0 Å². The van der Waals surface area contributed by atoms with Crippen molar-refractivity contribution < 1.29 is 8.42 Å². The summed E-state index contributed by atoms with van der Waals surface area (Å²) in [7, 11) is -3.59. The predicted octanol–water partition coefficient (Wildman–Crippen LogP) is 2.65. The van der Waals surface area contributed by atoms with E-state index in [1.54, 1.807) is 18.2 Å². The van der Waals surface area contributed by atoms with Crippen molar-refractivity contribution in [3.8, 4) is 0 Å². The molecule has 0 atom stereocenters.